The van der Waals surface area contributed by atoms with Crippen LogP contribution in [0.5, 0.6) is 0 Å². The first-order valence-corrected chi connectivity index (χ1v) is 27.4. The van der Waals surface area contributed by atoms with Gasteiger partial charge >= 0.3 is 17.9 Å². The van der Waals surface area contributed by atoms with E-state index in [9.17, 15) is 14.4 Å². The summed E-state index contributed by atoms with van der Waals surface area (Å²) in [6.07, 6.45) is 67.4. The molecule has 0 fully saturated rings. The van der Waals surface area contributed by atoms with E-state index in [1.807, 2.05) is 0 Å². The topological polar surface area (TPSA) is 78.9 Å². The summed E-state index contributed by atoms with van der Waals surface area (Å²) in [6.45, 7) is 6.49. The molecule has 0 saturated heterocycles. The number of ether oxygens (including phenoxy) is 3. The van der Waals surface area contributed by atoms with Crippen LogP contribution in [0.3, 0.4) is 0 Å². The van der Waals surface area contributed by atoms with E-state index in [0.29, 0.717) is 19.3 Å². The van der Waals surface area contributed by atoms with E-state index in [1.54, 1.807) is 0 Å². The Morgan fingerprint density at radius 2 is 0.600 bits per heavy atom. The molecular weight excluding hydrogens is 805 g/mol. The number of hydrogen-bond acceptors (Lipinski definition) is 6. The molecule has 0 aliphatic carbocycles. The van der Waals surface area contributed by atoms with E-state index < -0.39 is 6.10 Å². The number of rotatable bonds is 49. The molecule has 0 aromatic carbocycles. The van der Waals surface area contributed by atoms with Crippen LogP contribution in [0.25, 0.3) is 0 Å². The lowest BCUT2D eigenvalue weighted by atomic mass is 10.0. The zero-order chi connectivity index (χ0) is 47.2. The highest BCUT2D eigenvalue weighted by atomic mass is 16.6. The van der Waals surface area contributed by atoms with Crippen molar-refractivity contribution in [3.8, 4) is 0 Å². The molecule has 0 radical (unpaired) electrons. The van der Waals surface area contributed by atoms with Crippen LogP contribution >= 0.6 is 0 Å². The minimum absolute atomic E-state index is 0.0873. The fraction of sp³-hybridized carbons (Fsp3) is 0.746. The molecule has 1 unspecified atom stereocenters. The monoisotopic (exact) mass is 907 g/mol. The summed E-state index contributed by atoms with van der Waals surface area (Å²) < 4.78 is 16.8. The number of esters is 3. The molecule has 0 aliphatic rings. The van der Waals surface area contributed by atoms with Crippen molar-refractivity contribution in [2.24, 2.45) is 0 Å². The molecule has 6 heteroatoms. The Hall–Kier alpha value is -3.15. The van der Waals surface area contributed by atoms with Gasteiger partial charge in [-0.1, -0.05) is 229 Å². The molecule has 0 saturated carbocycles. The molecule has 0 bridgehead atoms. The predicted molar refractivity (Wildman–Crippen MR) is 279 cm³/mol. The number of carbonyl (C=O) groups is 3. The van der Waals surface area contributed by atoms with Crippen LogP contribution in [0, 0.1) is 0 Å². The molecule has 0 aliphatic heterocycles. The number of hydrogen-bond donors (Lipinski definition) is 0. The van der Waals surface area contributed by atoms with Crippen molar-refractivity contribution in [2.75, 3.05) is 13.2 Å². The van der Waals surface area contributed by atoms with Gasteiger partial charge in [0, 0.05) is 19.3 Å². The van der Waals surface area contributed by atoms with E-state index in [0.717, 1.165) is 122 Å². The van der Waals surface area contributed by atoms with E-state index >= 15 is 0 Å². The van der Waals surface area contributed by atoms with Gasteiger partial charge in [0.05, 0.1) is 0 Å². The largest absolute Gasteiger partial charge is 0.462 e. The Labute approximate surface area is 402 Å². The summed E-state index contributed by atoms with van der Waals surface area (Å²) >= 11 is 0. The Kier molecular flexibility index (Phi) is 50.9. The van der Waals surface area contributed by atoms with Gasteiger partial charge in [0.15, 0.2) is 6.10 Å². The molecule has 0 aromatic heterocycles. The Balaban J connectivity index is 4.44. The van der Waals surface area contributed by atoms with Crippen LogP contribution in [0.1, 0.15) is 265 Å². The Bertz CT molecular complexity index is 1230. The van der Waals surface area contributed by atoms with Crippen molar-refractivity contribution in [3.63, 3.8) is 0 Å². The van der Waals surface area contributed by atoms with Gasteiger partial charge in [-0.15, -0.1) is 0 Å². The maximum absolute atomic E-state index is 12.8. The normalized spacial score (nSPS) is 12.6. The zero-order valence-corrected chi connectivity index (χ0v) is 42.7. The van der Waals surface area contributed by atoms with E-state index in [4.69, 9.17) is 14.2 Å². The van der Waals surface area contributed by atoms with Gasteiger partial charge in [0.25, 0.3) is 0 Å². The summed E-state index contributed by atoms with van der Waals surface area (Å²) in [4.78, 5) is 38.1. The van der Waals surface area contributed by atoms with Crippen molar-refractivity contribution in [3.05, 3.63) is 72.9 Å². The van der Waals surface area contributed by atoms with E-state index in [-0.39, 0.29) is 31.1 Å². The van der Waals surface area contributed by atoms with Gasteiger partial charge in [-0.05, 0) is 89.9 Å². The summed E-state index contributed by atoms with van der Waals surface area (Å²) in [5.41, 5.74) is 0. The molecule has 374 valence electrons. The minimum atomic E-state index is -0.791. The zero-order valence-electron chi connectivity index (χ0n) is 42.7. The second-order valence-electron chi connectivity index (χ2n) is 18.1. The van der Waals surface area contributed by atoms with Crippen molar-refractivity contribution in [1.29, 1.82) is 0 Å². The third kappa shape index (κ3) is 51.7. The first-order chi connectivity index (χ1) is 32.0. The van der Waals surface area contributed by atoms with E-state index in [2.05, 4.69) is 93.7 Å². The summed E-state index contributed by atoms with van der Waals surface area (Å²) in [5, 5.41) is 0. The van der Waals surface area contributed by atoms with Gasteiger partial charge < -0.3 is 14.2 Å². The Morgan fingerprint density at radius 3 is 0.954 bits per heavy atom. The lowest BCUT2D eigenvalue weighted by Crippen LogP contribution is -2.30. The lowest BCUT2D eigenvalue weighted by molar-refractivity contribution is -0.167. The molecule has 0 heterocycles. The smallest absolute Gasteiger partial charge is 0.306 e. The van der Waals surface area contributed by atoms with Crippen molar-refractivity contribution in [1.82, 2.24) is 0 Å². The first kappa shape index (κ1) is 61.9. The van der Waals surface area contributed by atoms with Crippen LogP contribution in [0.15, 0.2) is 72.9 Å². The standard InChI is InChI=1S/C59H102O6/c1-4-7-10-13-16-19-22-25-28-30-32-34-37-40-43-46-49-52-58(61)64-55-56(54-63-57(60)51-48-45-42-39-36-33-27-24-21-18-15-12-9-6-3)65-59(62)53-50-47-44-41-38-35-31-29-26-23-20-17-14-11-8-5-2/h7,10,16,19-20,23,25,28-29,31-32,34,56H,4-6,8-9,11-15,17-18,21-22,24,26-27,30,33,35-55H2,1-3H3/b10-7-,19-16-,23-20-,28-25-,31-29-,34-32-. The van der Waals surface area contributed by atoms with Gasteiger partial charge in [-0.25, -0.2) is 0 Å². The quantitative estimate of drug-likeness (QED) is 0.0262. The molecule has 0 rings (SSSR count). The van der Waals surface area contributed by atoms with Gasteiger partial charge in [-0.3, -0.25) is 14.4 Å². The molecule has 1 atom stereocenters. The highest BCUT2D eigenvalue weighted by molar-refractivity contribution is 5.71. The number of carbonyl (C=O) groups excluding carboxylic acids is 3. The number of allylic oxidation sites excluding steroid dienone is 12. The summed E-state index contributed by atoms with van der Waals surface area (Å²) in [6, 6.07) is 0. The molecular formula is C59H102O6. The molecule has 6 nitrogen and oxygen atoms in total. The average Bonchev–Trinajstić information content (AvgIpc) is 3.30. The highest BCUT2D eigenvalue weighted by Crippen LogP contribution is 2.15. The molecule has 65 heavy (non-hydrogen) atoms. The maximum Gasteiger partial charge on any atom is 0.306 e. The van der Waals surface area contributed by atoms with Gasteiger partial charge in [0.2, 0.25) is 0 Å². The van der Waals surface area contributed by atoms with Crippen LogP contribution in [0.2, 0.25) is 0 Å². The summed E-state index contributed by atoms with van der Waals surface area (Å²) in [7, 11) is 0. The molecule has 0 amide bonds. The second kappa shape index (κ2) is 53.5. The number of unbranched alkanes of at least 4 members (excludes halogenated alkanes) is 26. The van der Waals surface area contributed by atoms with Crippen molar-refractivity contribution in [2.45, 2.75) is 271 Å². The lowest BCUT2D eigenvalue weighted by Gasteiger charge is -2.18. The van der Waals surface area contributed by atoms with Crippen LogP contribution < -0.4 is 0 Å². The van der Waals surface area contributed by atoms with Crippen LogP contribution in [0.4, 0.5) is 0 Å². The first-order valence-electron chi connectivity index (χ1n) is 27.4. The Morgan fingerprint density at radius 1 is 0.323 bits per heavy atom. The van der Waals surface area contributed by atoms with Crippen molar-refractivity contribution >= 4 is 17.9 Å². The van der Waals surface area contributed by atoms with Gasteiger partial charge in [-0.2, -0.15) is 0 Å². The fourth-order valence-corrected chi connectivity index (χ4v) is 7.58. The second-order valence-corrected chi connectivity index (χ2v) is 18.1. The fourth-order valence-electron chi connectivity index (χ4n) is 7.58. The third-order valence-corrected chi connectivity index (χ3v) is 11.7. The predicted octanol–water partition coefficient (Wildman–Crippen LogP) is 18.2. The highest BCUT2D eigenvalue weighted by Gasteiger charge is 2.19. The maximum atomic E-state index is 12.8. The third-order valence-electron chi connectivity index (χ3n) is 11.7. The molecule has 0 N–H and O–H groups in total. The van der Waals surface area contributed by atoms with E-state index in [1.165, 1.54) is 103 Å². The SMILES string of the molecule is CC/C=C\C/C=C\C/C=C\C/C=C\CCCCCCC(=O)OCC(COC(=O)CCCCCCCCCCCCCCCC)OC(=O)CCCCCCC/C=C\C/C=C\CCCCCC. The van der Waals surface area contributed by atoms with Gasteiger partial charge in [0.1, 0.15) is 13.2 Å². The minimum Gasteiger partial charge on any atom is -0.462 e. The average molecular weight is 907 g/mol. The molecule has 0 spiro atoms. The van der Waals surface area contributed by atoms with Crippen LogP contribution in [-0.4, -0.2) is 37.2 Å². The van der Waals surface area contributed by atoms with Crippen molar-refractivity contribution < 1.29 is 28.6 Å². The molecule has 0 aromatic rings. The summed E-state index contributed by atoms with van der Waals surface area (Å²) in [5.74, 6) is -0.919. The van der Waals surface area contributed by atoms with Crippen LogP contribution in [-0.2, 0) is 28.6 Å².